The third-order valence-electron chi connectivity index (χ3n) is 5.94. The number of aliphatic hydroxyl groups excluding tert-OH is 1. The lowest BCUT2D eigenvalue weighted by Gasteiger charge is -2.27. The van der Waals surface area contributed by atoms with Crippen molar-refractivity contribution in [3.8, 4) is 11.5 Å². The van der Waals surface area contributed by atoms with Gasteiger partial charge in [-0.3, -0.25) is 4.79 Å². The van der Waals surface area contributed by atoms with Gasteiger partial charge in [0.15, 0.2) is 0 Å². The number of nitrogens with zero attached hydrogens (tertiary/aromatic N) is 6. The molecule has 2 aliphatic heterocycles. The van der Waals surface area contributed by atoms with E-state index in [2.05, 4.69) is 25.3 Å². The predicted molar refractivity (Wildman–Crippen MR) is 122 cm³/mol. The van der Waals surface area contributed by atoms with Crippen LogP contribution in [0.3, 0.4) is 0 Å². The Morgan fingerprint density at radius 3 is 3.00 bits per heavy atom. The summed E-state index contributed by atoms with van der Waals surface area (Å²) in [7, 11) is 0. The minimum atomic E-state index is -0.639. The van der Waals surface area contributed by atoms with Crippen LogP contribution >= 0.6 is 0 Å². The molecular weight excluding hydrogens is 426 g/mol. The zero-order chi connectivity index (χ0) is 22.9. The monoisotopic (exact) mass is 451 g/mol. The fourth-order valence-corrected chi connectivity index (χ4v) is 4.42. The molecule has 0 aliphatic carbocycles. The van der Waals surface area contributed by atoms with E-state index in [4.69, 9.17) is 9.52 Å². The van der Waals surface area contributed by atoms with Crippen molar-refractivity contribution in [2.45, 2.75) is 32.4 Å². The van der Waals surface area contributed by atoms with Crippen LogP contribution in [-0.2, 0) is 6.54 Å². The second-order valence-electron chi connectivity index (χ2n) is 8.04. The Kier molecular flexibility index (Phi) is 5.55. The Balaban J connectivity index is 1.53. The number of hydrogen-bond donors (Lipinski definition) is 2. The van der Waals surface area contributed by atoms with Crippen molar-refractivity contribution in [1.82, 2.24) is 19.7 Å². The van der Waals surface area contributed by atoms with Crippen molar-refractivity contribution in [1.29, 1.82) is 0 Å². The van der Waals surface area contributed by atoms with Crippen molar-refractivity contribution in [2.24, 2.45) is 0 Å². The van der Waals surface area contributed by atoms with Gasteiger partial charge >= 0.3 is 5.76 Å². The van der Waals surface area contributed by atoms with Crippen molar-refractivity contribution < 1.29 is 14.3 Å². The second-order valence-corrected chi connectivity index (χ2v) is 8.04. The summed E-state index contributed by atoms with van der Waals surface area (Å²) >= 11 is 0. The van der Waals surface area contributed by atoms with Crippen LogP contribution in [0.2, 0.25) is 0 Å². The van der Waals surface area contributed by atoms with Gasteiger partial charge in [0.25, 0.3) is 5.91 Å². The van der Waals surface area contributed by atoms with Crippen molar-refractivity contribution in [3.05, 3.63) is 46.6 Å². The zero-order valence-corrected chi connectivity index (χ0v) is 18.3. The molecule has 11 nitrogen and oxygen atoms in total. The third-order valence-corrected chi connectivity index (χ3v) is 5.94. The van der Waals surface area contributed by atoms with Gasteiger partial charge in [-0.05, 0) is 38.0 Å². The highest BCUT2D eigenvalue weighted by Crippen LogP contribution is 2.34. The topological polar surface area (TPSA) is 130 Å². The molecule has 33 heavy (non-hydrogen) atoms. The first-order chi connectivity index (χ1) is 16.1. The molecule has 2 aliphatic rings. The molecule has 1 fully saturated rings. The van der Waals surface area contributed by atoms with Crippen molar-refractivity contribution in [3.63, 3.8) is 0 Å². The van der Waals surface area contributed by atoms with E-state index < -0.39 is 5.76 Å². The molecule has 11 heteroatoms. The summed E-state index contributed by atoms with van der Waals surface area (Å²) < 4.78 is 6.33. The zero-order valence-electron chi connectivity index (χ0n) is 18.3. The van der Waals surface area contributed by atoms with Gasteiger partial charge in [0, 0.05) is 43.1 Å². The van der Waals surface area contributed by atoms with E-state index in [1.165, 1.54) is 0 Å². The molecule has 0 bridgehead atoms. The van der Waals surface area contributed by atoms with E-state index in [1.54, 1.807) is 29.3 Å². The fourth-order valence-electron chi connectivity index (χ4n) is 4.42. The Morgan fingerprint density at radius 1 is 1.30 bits per heavy atom. The first kappa shape index (κ1) is 21.1. The molecule has 0 saturated carbocycles. The third kappa shape index (κ3) is 3.84. The number of anilines is 3. The molecular formula is C22H25N7O4. The lowest BCUT2D eigenvalue weighted by atomic mass is 10.1. The minimum Gasteiger partial charge on any atom is -0.394 e. The molecule has 1 aromatic carbocycles. The van der Waals surface area contributed by atoms with Crippen LogP contribution in [0, 0.1) is 0 Å². The number of aliphatic hydroxyl groups is 1. The van der Waals surface area contributed by atoms with E-state index in [1.807, 2.05) is 13.0 Å². The maximum atomic E-state index is 13.6. The number of amides is 1. The number of aromatic nitrogens is 4. The van der Waals surface area contributed by atoms with Crippen molar-refractivity contribution in [2.75, 3.05) is 41.4 Å². The minimum absolute atomic E-state index is 0.0514. The number of benzene rings is 1. The Bertz CT molecular complexity index is 1240. The van der Waals surface area contributed by atoms with E-state index in [0.717, 1.165) is 24.1 Å². The standard InChI is InChI=1S/C22H25N7O4/c1-2-23-21-24-12-17-18(25-21)27-8-4-7-16(27)13-28(20(17)31)15-6-3-5-14(11-15)19-26-29(9-10-30)22(32)33-19/h3,5-6,11-12,16,30H,2,4,7-10,13H2,1H3,(H,23,24,25)/t16-/m0/s1. The number of nitrogens with one attached hydrogen (secondary N) is 1. The molecule has 0 unspecified atom stereocenters. The van der Waals surface area contributed by atoms with Gasteiger partial charge in [-0.25, -0.2) is 9.78 Å². The predicted octanol–water partition coefficient (Wildman–Crippen LogP) is 1.35. The fraction of sp³-hybridized carbons (Fsp3) is 0.409. The van der Waals surface area contributed by atoms with Crippen LogP contribution in [0.15, 0.2) is 39.7 Å². The molecule has 172 valence electrons. The molecule has 0 radical (unpaired) electrons. The maximum absolute atomic E-state index is 13.6. The van der Waals surface area contributed by atoms with E-state index >= 15 is 0 Å². The number of hydrogen-bond acceptors (Lipinski definition) is 9. The van der Waals surface area contributed by atoms with E-state index in [9.17, 15) is 9.59 Å². The molecule has 1 atom stereocenters. The summed E-state index contributed by atoms with van der Waals surface area (Å²) in [5, 5.41) is 16.4. The Morgan fingerprint density at radius 2 is 2.18 bits per heavy atom. The molecule has 2 N–H and O–H groups in total. The van der Waals surface area contributed by atoms with Crippen LogP contribution in [0.25, 0.3) is 11.5 Å². The van der Waals surface area contributed by atoms with E-state index in [-0.39, 0.29) is 31.0 Å². The lowest BCUT2D eigenvalue weighted by Crippen LogP contribution is -2.39. The largest absolute Gasteiger partial charge is 0.437 e. The number of carbonyl (C=O) groups excluding carboxylic acids is 1. The summed E-state index contributed by atoms with van der Waals surface area (Å²) in [5.74, 6) is 0.505. The average molecular weight is 451 g/mol. The first-order valence-electron chi connectivity index (χ1n) is 11.1. The highest BCUT2D eigenvalue weighted by Gasteiger charge is 2.37. The van der Waals surface area contributed by atoms with Gasteiger partial charge < -0.3 is 24.6 Å². The maximum Gasteiger partial charge on any atom is 0.437 e. The van der Waals surface area contributed by atoms with Crippen LogP contribution in [-0.4, -0.2) is 63.0 Å². The summed E-state index contributed by atoms with van der Waals surface area (Å²) in [6.45, 7) is 3.85. The second kappa shape index (κ2) is 8.66. The van der Waals surface area contributed by atoms with Gasteiger partial charge in [-0.15, -0.1) is 5.10 Å². The number of fused-ring (bicyclic) bond motifs is 3. The number of carbonyl (C=O) groups is 1. The van der Waals surface area contributed by atoms with Crippen LogP contribution < -0.4 is 20.9 Å². The lowest BCUT2D eigenvalue weighted by molar-refractivity contribution is 0.0988. The quantitative estimate of drug-likeness (QED) is 0.570. The van der Waals surface area contributed by atoms with E-state index in [0.29, 0.717) is 41.7 Å². The van der Waals surface area contributed by atoms with Gasteiger partial charge in [-0.2, -0.15) is 9.67 Å². The van der Waals surface area contributed by atoms with Gasteiger partial charge in [-0.1, -0.05) is 6.07 Å². The smallest absolute Gasteiger partial charge is 0.394 e. The van der Waals surface area contributed by atoms with Crippen molar-refractivity contribution >= 4 is 23.4 Å². The molecule has 5 rings (SSSR count). The number of rotatable bonds is 6. The van der Waals surface area contributed by atoms with Gasteiger partial charge in [0.05, 0.1) is 13.2 Å². The molecule has 3 aromatic rings. The SMILES string of the molecule is CCNc1ncc2c(n1)N1CCC[C@H]1CN(c1cccc(-c3nn(CCO)c(=O)o3)c1)C2=O. The molecule has 1 amide bonds. The molecule has 0 spiro atoms. The van der Waals surface area contributed by atoms with Crippen LogP contribution in [0.5, 0.6) is 0 Å². The van der Waals surface area contributed by atoms with Crippen LogP contribution in [0.1, 0.15) is 30.1 Å². The van der Waals surface area contributed by atoms with Gasteiger partial charge in [0.2, 0.25) is 11.8 Å². The summed E-state index contributed by atoms with van der Waals surface area (Å²) in [5.41, 5.74) is 1.71. The normalized spacial score (nSPS) is 17.6. The summed E-state index contributed by atoms with van der Waals surface area (Å²) in [4.78, 5) is 38.5. The van der Waals surface area contributed by atoms with Crippen LogP contribution in [0.4, 0.5) is 17.5 Å². The Hall–Kier alpha value is -3.73. The summed E-state index contributed by atoms with van der Waals surface area (Å²) in [6.07, 6.45) is 3.58. The molecule has 1 saturated heterocycles. The highest BCUT2D eigenvalue weighted by atomic mass is 16.4. The molecule has 4 heterocycles. The average Bonchev–Trinajstić information content (AvgIpc) is 3.41. The Labute approximate surface area is 189 Å². The summed E-state index contributed by atoms with van der Waals surface area (Å²) in [6, 6.07) is 7.34. The first-order valence-corrected chi connectivity index (χ1v) is 11.1. The highest BCUT2D eigenvalue weighted by molar-refractivity contribution is 6.10. The van der Waals surface area contributed by atoms with Gasteiger partial charge in [0.1, 0.15) is 11.4 Å². The molecule has 2 aromatic heterocycles.